The lowest BCUT2D eigenvalue weighted by atomic mass is 9.77. The minimum atomic E-state index is -1.93. The van der Waals surface area contributed by atoms with E-state index in [1.165, 1.54) is 20.3 Å². The summed E-state index contributed by atoms with van der Waals surface area (Å²) in [6, 6.07) is 0. The third-order valence-corrected chi connectivity index (χ3v) is 12.3. The van der Waals surface area contributed by atoms with Gasteiger partial charge in [-0.3, -0.25) is 0 Å². The molecule has 0 aromatic carbocycles. The SMILES string of the molecule is C/C=C/[C@H]1O[C@@](O)([C@@H](C)[C@H](O)[C@H](C)[C@H]2OC(=O)/C(OC)=C\C(C)=C/[C@@H](C)[C@@H](O)[C@@H](C)[C@@H](O)[C@H](C)C/C(C)=C\C=C/[C@@H]2OC)C[C@@H](O[C@@H]2C[C@H](O)[C@@H](O)[C@H](C)O2)[C@@H]1C. The van der Waals surface area contributed by atoms with Crippen LogP contribution in [-0.4, -0.2) is 124 Å². The van der Waals surface area contributed by atoms with E-state index in [-0.39, 0.29) is 36.4 Å². The topological polar surface area (TPSA) is 194 Å². The first-order valence-electron chi connectivity index (χ1n) is 20.4. The van der Waals surface area contributed by atoms with E-state index in [0.717, 1.165) is 5.57 Å². The minimum absolute atomic E-state index is 0.0413. The summed E-state index contributed by atoms with van der Waals surface area (Å²) in [4.78, 5) is 13.9. The second-order valence-electron chi connectivity index (χ2n) is 16.9. The molecule has 2 fully saturated rings. The number of hydrogen-bond donors (Lipinski definition) is 6. The molecule has 57 heavy (non-hydrogen) atoms. The second kappa shape index (κ2) is 21.7. The molecule has 13 heteroatoms. The molecule has 326 valence electrons. The van der Waals surface area contributed by atoms with Crippen molar-refractivity contribution in [1.82, 2.24) is 0 Å². The second-order valence-corrected chi connectivity index (χ2v) is 16.9. The molecule has 13 nitrogen and oxygen atoms in total. The number of methoxy groups -OCH3 is 2. The molecule has 0 spiro atoms. The molecule has 0 saturated carbocycles. The Morgan fingerprint density at radius 1 is 0.982 bits per heavy atom. The number of allylic oxidation sites excluding steroid dienone is 6. The summed E-state index contributed by atoms with van der Waals surface area (Å²) in [5, 5.41) is 67.3. The van der Waals surface area contributed by atoms with Gasteiger partial charge in [-0.25, -0.2) is 4.79 Å². The van der Waals surface area contributed by atoms with E-state index in [9.17, 15) is 35.4 Å². The molecule has 0 bridgehead atoms. The molecule has 2 saturated heterocycles. The van der Waals surface area contributed by atoms with Crippen LogP contribution >= 0.6 is 0 Å². The van der Waals surface area contributed by atoms with Crippen LogP contribution in [0.3, 0.4) is 0 Å². The van der Waals surface area contributed by atoms with E-state index in [1.54, 1.807) is 39.8 Å². The number of ether oxygens (including phenoxy) is 6. The molecular formula is C44H72O13. The third-order valence-electron chi connectivity index (χ3n) is 12.3. The van der Waals surface area contributed by atoms with Crippen molar-refractivity contribution in [3.63, 3.8) is 0 Å². The molecule has 0 radical (unpaired) electrons. The lowest BCUT2D eigenvalue weighted by Crippen LogP contribution is -2.59. The molecule has 0 amide bonds. The van der Waals surface area contributed by atoms with Crippen molar-refractivity contribution in [2.45, 2.75) is 162 Å². The molecule has 0 aromatic rings. The molecule has 0 unspecified atom stereocenters. The highest BCUT2D eigenvalue weighted by Gasteiger charge is 2.52. The maximum Gasteiger partial charge on any atom is 0.373 e. The summed E-state index contributed by atoms with van der Waals surface area (Å²) in [6.45, 7) is 18.1. The lowest BCUT2D eigenvalue weighted by molar-refractivity contribution is -0.339. The predicted octanol–water partition coefficient (Wildman–Crippen LogP) is 4.49. The number of carbonyl (C=O) groups excluding carboxylic acids is 1. The van der Waals surface area contributed by atoms with Crippen molar-refractivity contribution in [1.29, 1.82) is 0 Å². The van der Waals surface area contributed by atoms with Gasteiger partial charge < -0.3 is 59.1 Å². The average molecular weight is 809 g/mol. The van der Waals surface area contributed by atoms with Crippen molar-refractivity contribution >= 4 is 5.97 Å². The molecule has 6 N–H and O–H groups in total. The number of rotatable bonds is 9. The maximum atomic E-state index is 13.9. The summed E-state index contributed by atoms with van der Waals surface area (Å²) in [5.74, 6) is -5.84. The van der Waals surface area contributed by atoms with Gasteiger partial charge in [0.25, 0.3) is 0 Å². The van der Waals surface area contributed by atoms with Crippen LogP contribution in [0, 0.1) is 35.5 Å². The minimum Gasteiger partial charge on any atom is -0.490 e. The zero-order valence-electron chi connectivity index (χ0n) is 36.0. The zero-order chi connectivity index (χ0) is 42.9. The van der Waals surface area contributed by atoms with E-state index in [0.29, 0.717) is 12.0 Å². The molecule has 18 atom stereocenters. The summed E-state index contributed by atoms with van der Waals surface area (Å²) < 4.78 is 36.1. The van der Waals surface area contributed by atoms with Crippen molar-refractivity contribution in [2.24, 2.45) is 35.5 Å². The Hall–Kier alpha value is -2.43. The van der Waals surface area contributed by atoms with Gasteiger partial charge in [0.2, 0.25) is 5.76 Å². The number of carbonyl (C=O) groups is 1. The first-order chi connectivity index (χ1) is 26.7. The van der Waals surface area contributed by atoms with E-state index >= 15 is 0 Å². The molecule has 3 aliphatic heterocycles. The Morgan fingerprint density at radius 2 is 1.65 bits per heavy atom. The largest absolute Gasteiger partial charge is 0.490 e. The number of aliphatic hydroxyl groups is 6. The van der Waals surface area contributed by atoms with E-state index in [2.05, 4.69) is 0 Å². The standard InChI is InChI=1S/C44H72O13/c1-13-15-33-27(6)36(55-37-21-32(45)41(49)31(10)54-37)22-44(51,57-33)30(9)40(48)29(8)42-34(52-11)17-14-16-23(2)18-25(4)38(46)28(7)39(47)26(5)19-24(3)20-35(53-12)43(50)56-42/h13-17,19-20,25-34,36-42,45-49,51H,18,21-22H2,1-12H3/b15-13+,17-14-,23-16-,24-19-,35-20+/t25-,26-,27-,28+,29+,30+,31+,32+,33-,34+,36-,37-,38+,39-,40-,41+,42-,44-/m1/s1. The Balaban J connectivity index is 2.01. The maximum absolute atomic E-state index is 13.9. The summed E-state index contributed by atoms with van der Waals surface area (Å²) in [6.07, 6.45) is 3.15. The van der Waals surface area contributed by atoms with Gasteiger partial charge in [-0.1, -0.05) is 89.1 Å². The number of aliphatic hydroxyl groups excluding tert-OH is 5. The zero-order valence-corrected chi connectivity index (χ0v) is 36.0. The lowest BCUT2D eigenvalue weighted by Gasteiger charge is -2.49. The monoisotopic (exact) mass is 808 g/mol. The summed E-state index contributed by atoms with van der Waals surface area (Å²) in [7, 11) is 2.82. The van der Waals surface area contributed by atoms with Crippen LogP contribution in [0.15, 0.2) is 59.4 Å². The van der Waals surface area contributed by atoms with Gasteiger partial charge in [0.1, 0.15) is 18.3 Å². The Labute approximate surface area is 340 Å². The van der Waals surface area contributed by atoms with Crippen LogP contribution in [0.25, 0.3) is 0 Å². The average Bonchev–Trinajstić information content (AvgIpc) is 3.16. The van der Waals surface area contributed by atoms with Crippen LogP contribution in [-0.2, 0) is 33.2 Å². The predicted molar refractivity (Wildman–Crippen MR) is 215 cm³/mol. The van der Waals surface area contributed by atoms with Crippen LogP contribution in [0.4, 0.5) is 0 Å². The van der Waals surface area contributed by atoms with Crippen LogP contribution in [0.1, 0.15) is 88.5 Å². The van der Waals surface area contributed by atoms with Crippen molar-refractivity contribution in [2.75, 3.05) is 14.2 Å². The summed E-state index contributed by atoms with van der Waals surface area (Å²) in [5.41, 5.74) is 1.60. The normalized spacial score (nSPS) is 44.5. The van der Waals surface area contributed by atoms with Gasteiger partial charge in [0.15, 0.2) is 12.1 Å². The van der Waals surface area contributed by atoms with Gasteiger partial charge in [0.05, 0.1) is 49.8 Å². The van der Waals surface area contributed by atoms with E-state index in [4.69, 9.17) is 28.4 Å². The summed E-state index contributed by atoms with van der Waals surface area (Å²) >= 11 is 0. The van der Waals surface area contributed by atoms with Crippen LogP contribution in [0.5, 0.6) is 0 Å². The van der Waals surface area contributed by atoms with Crippen LogP contribution in [0.2, 0.25) is 0 Å². The highest BCUT2D eigenvalue weighted by atomic mass is 16.7. The Kier molecular flexibility index (Phi) is 18.6. The smallest absolute Gasteiger partial charge is 0.373 e. The Morgan fingerprint density at radius 3 is 2.25 bits per heavy atom. The molecule has 3 heterocycles. The van der Waals surface area contributed by atoms with Crippen LogP contribution < -0.4 is 0 Å². The fourth-order valence-electron chi connectivity index (χ4n) is 8.34. The molecule has 0 aliphatic carbocycles. The van der Waals surface area contributed by atoms with Crippen molar-refractivity contribution in [3.8, 4) is 0 Å². The molecule has 3 rings (SSSR count). The third kappa shape index (κ3) is 12.5. The first-order valence-corrected chi connectivity index (χ1v) is 20.4. The molecular weight excluding hydrogens is 736 g/mol. The van der Waals surface area contributed by atoms with Gasteiger partial charge in [-0.2, -0.15) is 0 Å². The van der Waals surface area contributed by atoms with Crippen molar-refractivity contribution < 1.29 is 63.9 Å². The van der Waals surface area contributed by atoms with E-state index in [1.807, 2.05) is 65.8 Å². The number of cyclic esters (lactones) is 1. The Bertz CT molecular complexity index is 1430. The van der Waals surface area contributed by atoms with Gasteiger partial charge >= 0.3 is 5.97 Å². The fourth-order valence-corrected chi connectivity index (χ4v) is 8.34. The van der Waals surface area contributed by atoms with Gasteiger partial charge in [-0.15, -0.1) is 0 Å². The quantitative estimate of drug-likeness (QED) is 0.141. The fraction of sp³-hybridized carbons (Fsp3) is 0.750. The number of esters is 1. The first kappa shape index (κ1) is 48.9. The number of hydrogen-bond acceptors (Lipinski definition) is 13. The highest BCUT2D eigenvalue weighted by Crippen LogP contribution is 2.42. The van der Waals surface area contributed by atoms with Crippen molar-refractivity contribution in [3.05, 3.63) is 59.4 Å². The van der Waals surface area contributed by atoms with Gasteiger partial charge in [0, 0.05) is 49.5 Å². The molecule has 0 aromatic heterocycles. The van der Waals surface area contributed by atoms with Gasteiger partial charge in [-0.05, 0) is 46.1 Å². The molecule has 3 aliphatic rings. The highest BCUT2D eigenvalue weighted by molar-refractivity contribution is 5.87. The van der Waals surface area contributed by atoms with E-state index < -0.39 is 96.8 Å².